The number of nitrogens with zero attached hydrogens (tertiary/aromatic N) is 6. The quantitative estimate of drug-likeness (QED) is 0.198. The van der Waals surface area contributed by atoms with E-state index in [0.29, 0.717) is 17.2 Å². The van der Waals surface area contributed by atoms with Crippen LogP contribution in [0.5, 0.6) is 11.5 Å². The molecule has 1 unspecified atom stereocenters. The van der Waals surface area contributed by atoms with Gasteiger partial charge in [-0.15, -0.1) is 0 Å². The van der Waals surface area contributed by atoms with Crippen LogP contribution in [0.1, 0.15) is 24.1 Å². The van der Waals surface area contributed by atoms with Crippen LogP contribution in [0.2, 0.25) is 0 Å². The topological polar surface area (TPSA) is 157 Å². The number of ether oxygens (including phenoxy) is 1. The summed E-state index contributed by atoms with van der Waals surface area (Å²) in [6, 6.07) is 20.0. The SMILES string of the molecule is Cc1ccccc1Oc1cc2cnc(Nc3ccc(N(C)C4CCCNC4)cc3)nc2n(Cc2ncoc2S(=O)(=O)c2ccncc2)c1=O. The number of likely N-dealkylation sites (N-methyl/N-ethyl adjacent to an activating group) is 1. The number of sulfone groups is 1. The van der Waals surface area contributed by atoms with Crippen molar-refractivity contribution in [1.29, 1.82) is 0 Å². The van der Waals surface area contributed by atoms with Crippen molar-refractivity contribution in [3.8, 4) is 11.5 Å². The van der Waals surface area contributed by atoms with Crippen molar-refractivity contribution in [2.24, 2.45) is 0 Å². The highest BCUT2D eigenvalue weighted by Crippen LogP contribution is 2.28. The van der Waals surface area contributed by atoms with Crippen LogP contribution in [-0.4, -0.2) is 59.1 Å². The lowest BCUT2D eigenvalue weighted by molar-refractivity contribution is 0.439. The van der Waals surface area contributed by atoms with E-state index in [2.05, 4.69) is 37.5 Å². The Morgan fingerprint density at radius 3 is 2.61 bits per heavy atom. The second-order valence-corrected chi connectivity index (χ2v) is 13.6. The monoisotopic (exact) mass is 678 g/mol. The number of anilines is 3. The van der Waals surface area contributed by atoms with Gasteiger partial charge in [-0.05, 0) is 80.4 Å². The van der Waals surface area contributed by atoms with E-state index in [0.717, 1.165) is 49.3 Å². The molecule has 2 aromatic carbocycles. The molecular weight excluding hydrogens is 645 g/mol. The Morgan fingerprint density at radius 1 is 1.06 bits per heavy atom. The maximum absolute atomic E-state index is 14.1. The first-order chi connectivity index (χ1) is 23.8. The summed E-state index contributed by atoms with van der Waals surface area (Å²) in [5.41, 5.74) is 2.41. The number of nitrogens with one attached hydrogen (secondary N) is 2. The van der Waals surface area contributed by atoms with Crippen LogP contribution in [0.15, 0.2) is 111 Å². The largest absolute Gasteiger partial charge is 0.451 e. The number of hydrogen-bond acceptors (Lipinski definition) is 12. The molecule has 4 aromatic heterocycles. The molecule has 14 heteroatoms. The summed E-state index contributed by atoms with van der Waals surface area (Å²) in [7, 11) is -2.01. The van der Waals surface area contributed by atoms with E-state index >= 15 is 0 Å². The molecule has 49 heavy (non-hydrogen) atoms. The summed E-state index contributed by atoms with van der Waals surface area (Å²) in [6.07, 6.45) is 7.66. The van der Waals surface area contributed by atoms with E-state index in [-0.39, 0.29) is 39.6 Å². The first kappa shape index (κ1) is 32.0. The third-order valence-electron chi connectivity index (χ3n) is 8.57. The number of para-hydroxylation sites is 1. The number of aryl methyl sites for hydroxylation is 1. The Labute approximate surface area is 282 Å². The summed E-state index contributed by atoms with van der Waals surface area (Å²) in [4.78, 5) is 33.7. The molecule has 5 heterocycles. The van der Waals surface area contributed by atoms with E-state index in [9.17, 15) is 13.2 Å². The van der Waals surface area contributed by atoms with Crippen LogP contribution in [0.4, 0.5) is 17.3 Å². The highest BCUT2D eigenvalue weighted by atomic mass is 32.2. The van der Waals surface area contributed by atoms with Gasteiger partial charge in [0.15, 0.2) is 12.1 Å². The number of fused-ring (bicyclic) bond motifs is 1. The molecule has 13 nitrogen and oxygen atoms in total. The van der Waals surface area contributed by atoms with Gasteiger partial charge in [-0.1, -0.05) is 18.2 Å². The summed E-state index contributed by atoms with van der Waals surface area (Å²) in [5, 5.41) is 6.80. The second kappa shape index (κ2) is 13.5. The number of pyridine rings is 2. The third-order valence-corrected chi connectivity index (χ3v) is 10.3. The minimum absolute atomic E-state index is 0.0148. The van der Waals surface area contributed by atoms with E-state index < -0.39 is 15.4 Å². The van der Waals surface area contributed by atoms with Crippen LogP contribution in [0.25, 0.3) is 11.0 Å². The molecule has 1 fully saturated rings. The van der Waals surface area contributed by atoms with Gasteiger partial charge in [-0.3, -0.25) is 14.3 Å². The standard InChI is InChI=1S/C35H34N8O5S/c1-23-6-3-4-8-30(23)48-31-18-24-19-38-35(40-25-9-11-26(12-10-25)42(2)27-7-5-15-37-20-27)41-32(24)43(33(31)44)21-29-34(47-22-39-29)49(45,46)28-13-16-36-17-14-28/h3-4,6,8-14,16-19,22,27,37H,5,7,15,20-21H2,1-2H3,(H,38,40,41). The number of aromatic nitrogens is 5. The molecule has 250 valence electrons. The number of hydrogen-bond donors (Lipinski definition) is 2. The van der Waals surface area contributed by atoms with E-state index in [1.807, 2.05) is 49.4 Å². The van der Waals surface area contributed by atoms with Crippen LogP contribution in [0.3, 0.4) is 0 Å². The summed E-state index contributed by atoms with van der Waals surface area (Å²) in [5.74, 6) is 0.762. The molecule has 0 aliphatic carbocycles. The fraction of sp³-hybridized carbons (Fsp3) is 0.229. The minimum Gasteiger partial charge on any atom is -0.451 e. The minimum atomic E-state index is -4.11. The number of benzene rings is 2. The molecule has 1 atom stereocenters. The zero-order valence-electron chi connectivity index (χ0n) is 26.9. The maximum Gasteiger partial charge on any atom is 0.295 e. The molecule has 0 radical (unpaired) electrons. The van der Waals surface area contributed by atoms with E-state index in [1.165, 1.54) is 29.1 Å². The molecule has 0 spiro atoms. The predicted molar refractivity (Wildman–Crippen MR) is 184 cm³/mol. The summed E-state index contributed by atoms with van der Waals surface area (Å²) >= 11 is 0. The third kappa shape index (κ3) is 6.60. The van der Waals surface area contributed by atoms with E-state index in [4.69, 9.17) is 14.1 Å². The van der Waals surface area contributed by atoms with Gasteiger partial charge in [-0.2, -0.15) is 4.98 Å². The Balaban J connectivity index is 1.25. The van der Waals surface area contributed by atoms with Crippen LogP contribution in [-0.2, 0) is 16.4 Å². The average Bonchev–Trinajstić information content (AvgIpc) is 3.61. The number of rotatable bonds is 10. The lowest BCUT2D eigenvalue weighted by Crippen LogP contribution is -2.44. The zero-order chi connectivity index (χ0) is 34.0. The Morgan fingerprint density at radius 2 is 1.86 bits per heavy atom. The Hall–Kier alpha value is -5.60. The molecule has 0 saturated carbocycles. The molecule has 0 amide bonds. The molecule has 2 N–H and O–H groups in total. The van der Waals surface area contributed by atoms with Crippen molar-refractivity contribution < 1.29 is 17.6 Å². The molecule has 6 aromatic rings. The lowest BCUT2D eigenvalue weighted by Gasteiger charge is -2.33. The van der Waals surface area contributed by atoms with E-state index in [1.54, 1.807) is 18.3 Å². The van der Waals surface area contributed by atoms with Gasteiger partial charge < -0.3 is 24.7 Å². The maximum atomic E-state index is 14.1. The van der Waals surface area contributed by atoms with Crippen molar-refractivity contribution in [1.82, 2.24) is 29.8 Å². The second-order valence-electron chi connectivity index (χ2n) is 11.8. The van der Waals surface area contributed by atoms with Gasteiger partial charge >= 0.3 is 0 Å². The normalized spacial score (nSPS) is 14.9. The van der Waals surface area contributed by atoms with Crippen molar-refractivity contribution in [2.75, 3.05) is 30.4 Å². The van der Waals surface area contributed by atoms with Crippen molar-refractivity contribution >= 4 is 38.2 Å². The highest BCUT2D eigenvalue weighted by molar-refractivity contribution is 7.91. The van der Waals surface area contributed by atoms with Crippen LogP contribution in [0, 0.1) is 6.92 Å². The molecule has 1 aliphatic rings. The predicted octanol–water partition coefficient (Wildman–Crippen LogP) is 5.09. The van der Waals surface area contributed by atoms with Gasteiger partial charge in [-0.25, -0.2) is 18.4 Å². The van der Waals surface area contributed by atoms with Crippen LogP contribution >= 0.6 is 0 Å². The van der Waals surface area contributed by atoms with Crippen molar-refractivity contribution in [3.05, 3.63) is 113 Å². The first-order valence-corrected chi connectivity index (χ1v) is 17.3. The first-order valence-electron chi connectivity index (χ1n) is 15.8. The van der Waals surface area contributed by atoms with Gasteiger partial charge in [0.25, 0.3) is 5.56 Å². The number of oxazole rings is 1. The van der Waals surface area contributed by atoms with Crippen molar-refractivity contribution in [3.63, 3.8) is 0 Å². The summed E-state index contributed by atoms with van der Waals surface area (Å²) < 4.78 is 39.8. The highest BCUT2D eigenvalue weighted by Gasteiger charge is 2.28. The average molecular weight is 679 g/mol. The Bertz CT molecular complexity index is 2270. The molecule has 1 aliphatic heterocycles. The zero-order valence-corrected chi connectivity index (χ0v) is 27.7. The number of piperidine rings is 1. The van der Waals surface area contributed by atoms with Gasteiger partial charge in [0.2, 0.25) is 20.9 Å². The van der Waals surface area contributed by atoms with Crippen LogP contribution < -0.4 is 25.8 Å². The van der Waals surface area contributed by atoms with Crippen molar-refractivity contribution in [2.45, 2.75) is 42.3 Å². The smallest absolute Gasteiger partial charge is 0.295 e. The molecule has 1 saturated heterocycles. The summed E-state index contributed by atoms with van der Waals surface area (Å²) in [6.45, 7) is 3.61. The lowest BCUT2D eigenvalue weighted by atomic mass is 10.1. The fourth-order valence-corrected chi connectivity index (χ4v) is 7.13. The van der Waals surface area contributed by atoms with Gasteiger partial charge in [0.1, 0.15) is 17.1 Å². The van der Waals surface area contributed by atoms with Gasteiger partial charge in [0, 0.05) is 55.0 Å². The van der Waals surface area contributed by atoms with Gasteiger partial charge in [0.05, 0.1) is 11.4 Å². The molecule has 7 rings (SSSR count). The fourth-order valence-electron chi connectivity index (χ4n) is 5.84. The Kier molecular flexibility index (Phi) is 8.80. The molecular formula is C35H34N8O5S. The molecule has 0 bridgehead atoms.